The summed E-state index contributed by atoms with van der Waals surface area (Å²) in [4.78, 5) is 36.1. The smallest absolute Gasteiger partial charge is 0.289 e. The molecule has 2 saturated heterocycles. The zero-order valence-electron chi connectivity index (χ0n) is 14.2. The Kier molecular flexibility index (Phi) is 4.54. The number of hydrogen-bond acceptors (Lipinski definition) is 5. The summed E-state index contributed by atoms with van der Waals surface area (Å²) in [6.45, 7) is 2.82. The van der Waals surface area contributed by atoms with E-state index >= 15 is 0 Å². The lowest BCUT2D eigenvalue weighted by Crippen LogP contribution is -2.54. The quantitative estimate of drug-likeness (QED) is 0.738. The van der Waals surface area contributed by atoms with Gasteiger partial charge in [-0.2, -0.15) is 4.99 Å². The van der Waals surface area contributed by atoms with Crippen molar-refractivity contribution < 1.29 is 18.7 Å². The van der Waals surface area contributed by atoms with E-state index in [1.54, 1.807) is 4.90 Å². The van der Waals surface area contributed by atoms with E-state index in [9.17, 15) is 14.0 Å². The number of ether oxygens (including phenoxy) is 1. The van der Waals surface area contributed by atoms with Gasteiger partial charge in [-0.25, -0.2) is 9.38 Å². The lowest BCUT2D eigenvalue weighted by atomic mass is 10.1. The second-order valence-electron chi connectivity index (χ2n) is 7.09. The van der Waals surface area contributed by atoms with Crippen LogP contribution in [0.1, 0.15) is 32.1 Å². The number of rotatable bonds is 2. The van der Waals surface area contributed by atoms with Gasteiger partial charge in [-0.15, -0.1) is 0 Å². The van der Waals surface area contributed by atoms with Crippen molar-refractivity contribution in [2.24, 2.45) is 15.9 Å². The van der Waals surface area contributed by atoms with E-state index in [0.717, 1.165) is 32.1 Å². The van der Waals surface area contributed by atoms with Crippen LogP contribution in [0.4, 0.5) is 4.39 Å². The van der Waals surface area contributed by atoms with Gasteiger partial charge in [0.05, 0.1) is 5.71 Å². The molecule has 0 aromatic rings. The Balaban J connectivity index is 1.37. The molecule has 0 aromatic carbocycles. The van der Waals surface area contributed by atoms with Crippen LogP contribution in [-0.2, 0) is 14.3 Å². The number of piperazine rings is 1. The van der Waals surface area contributed by atoms with Crippen LogP contribution in [0.3, 0.4) is 0 Å². The number of nitrogens with zero attached hydrogens (tertiary/aromatic N) is 4. The topological polar surface area (TPSA) is 74.6 Å². The SMILES string of the molecule is O=C1N=C(N2CCN(C(=O)C3CCCCO3)CC2)N=C(C2CC2)C1F. The molecular weight excluding hydrogens is 327 g/mol. The Labute approximate surface area is 145 Å². The minimum Gasteiger partial charge on any atom is -0.368 e. The number of alkyl halides is 1. The Morgan fingerprint density at radius 1 is 1.08 bits per heavy atom. The van der Waals surface area contributed by atoms with Crippen LogP contribution in [0.2, 0.25) is 0 Å². The van der Waals surface area contributed by atoms with Crippen LogP contribution in [0, 0.1) is 5.92 Å². The molecular formula is C17H23FN4O3. The van der Waals surface area contributed by atoms with Crippen molar-refractivity contribution in [1.29, 1.82) is 0 Å². The average molecular weight is 350 g/mol. The molecule has 0 N–H and O–H groups in total. The fourth-order valence-electron chi connectivity index (χ4n) is 3.56. The number of aliphatic imine (C=N–C) groups is 2. The molecule has 3 fully saturated rings. The standard InChI is InChI=1S/C17H23FN4O3/c18-13-14(11-4-5-11)19-17(20-15(13)23)22-8-6-21(7-9-22)16(24)12-3-1-2-10-25-12/h11-13H,1-10H2. The maximum absolute atomic E-state index is 14.0. The maximum atomic E-state index is 14.0. The van der Waals surface area contributed by atoms with Gasteiger partial charge in [-0.05, 0) is 32.1 Å². The molecule has 3 aliphatic heterocycles. The van der Waals surface area contributed by atoms with E-state index in [1.165, 1.54) is 0 Å². The van der Waals surface area contributed by atoms with Gasteiger partial charge in [0.2, 0.25) is 12.1 Å². The van der Waals surface area contributed by atoms with E-state index in [2.05, 4.69) is 9.98 Å². The molecule has 1 aliphatic carbocycles. The highest BCUT2D eigenvalue weighted by atomic mass is 19.1. The normalized spacial score (nSPS) is 30.8. The number of carbonyl (C=O) groups is 2. The summed E-state index contributed by atoms with van der Waals surface area (Å²) in [5.41, 5.74) is 0.337. The fraction of sp³-hybridized carbons (Fsp3) is 0.765. The van der Waals surface area contributed by atoms with E-state index in [1.807, 2.05) is 4.90 Å². The molecule has 7 nitrogen and oxygen atoms in total. The van der Waals surface area contributed by atoms with Gasteiger partial charge in [-0.3, -0.25) is 9.59 Å². The first-order valence-electron chi connectivity index (χ1n) is 9.14. The van der Waals surface area contributed by atoms with Crippen molar-refractivity contribution in [1.82, 2.24) is 9.80 Å². The molecule has 0 bridgehead atoms. The minimum absolute atomic E-state index is 0.0482. The molecule has 4 rings (SSSR count). The van der Waals surface area contributed by atoms with Crippen LogP contribution in [0.15, 0.2) is 9.98 Å². The fourth-order valence-corrected chi connectivity index (χ4v) is 3.56. The maximum Gasteiger partial charge on any atom is 0.289 e. The highest BCUT2D eigenvalue weighted by Gasteiger charge is 2.40. The molecule has 4 aliphatic rings. The molecule has 3 heterocycles. The van der Waals surface area contributed by atoms with Gasteiger partial charge < -0.3 is 14.5 Å². The van der Waals surface area contributed by atoms with Crippen LogP contribution < -0.4 is 0 Å². The van der Waals surface area contributed by atoms with Crippen LogP contribution in [0.25, 0.3) is 0 Å². The number of guanidine groups is 1. The molecule has 0 radical (unpaired) electrons. The van der Waals surface area contributed by atoms with Crippen molar-refractivity contribution in [2.45, 2.75) is 44.4 Å². The van der Waals surface area contributed by atoms with E-state index < -0.39 is 12.1 Å². The molecule has 25 heavy (non-hydrogen) atoms. The van der Waals surface area contributed by atoms with Gasteiger partial charge in [-0.1, -0.05) is 0 Å². The van der Waals surface area contributed by atoms with Gasteiger partial charge in [0.15, 0.2) is 0 Å². The third-order valence-corrected chi connectivity index (χ3v) is 5.24. The third-order valence-electron chi connectivity index (χ3n) is 5.24. The van der Waals surface area contributed by atoms with Crippen molar-refractivity contribution >= 4 is 23.5 Å². The third kappa shape index (κ3) is 3.44. The summed E-state index contributed by atoms with van der Waals surface area (Å²) in [7, 11) is 0. The zero-order valence-corrected chi connectivity index (χ0v) is 14.2. The van der Waals surface area contributed by atoms with Gasteiger partial charge in [0.1, 0.15) is 6.10 Å². The summed E-state index contributed by atoms with van der Waals surface area (Å²) in [5, 5.41) is 0. The van der Waals surface area contributed by atoms with Gasteiger partial charge in [0.25, 0.3) is 11.8 Å². The highest BCUT2D eigenvalue weighted by Crippen LogP contribution is 2.34. The molecule has 136 valence electrons. The van der Waals surface area contributed by atoms with Crippen LogP contribution in [-0.4, -0.2) is 78.3 Å². The van der Waals surface area contributed by atoms with Gasteiger partial charge in [0, 0.05) is 38.7 Å². The first-order valence-corrected chi connectivity index (χ1v) is 9.14. The molecule has 2 atom stereocenters. The van der Waals surface area contributed by atoms with Crippen LogP contribution in [0.5, 0.6) is 0 Å². The Morgan fingerprint density at radius 2 is 1.84 bits per heavy atom. The summed E-state index contributed by atoms with van der Waals surface area (Å²) in [6, 6.07) is 0. The molecule has 1 saturated carbocycles. The lowest BCUT2D eigenvalue weighted by molar-refractivity contribution is -0.147. The highest BCUT2D eigenvalue weighted by molar-refractivity contribution is 6.18. The van der Waals surface area contributed by atoms with Crippen molar-refractivity contribution in [3.63, 3.8) is 0 Å². The number of halogens is 1. The largest absolute Gasteiger partial charge is 0.368 e. The summed E-state index contributed by atoms with van der Waals surface area (Å²) < 4.78 is 19.5. The second-order valence-corrected chi connectivity index (χ2v) is 7.09. The minimum atomic E-state index is -1.68. The van der Waals surface area contributed by atoms with Crippen LogP contribution >= 0.6 is 0 Å². The number of carbonyl (C=O) groups excluding carboxylic acids is 2. The number of hydrogen-bond donors (Lipinski definition) is 0. The summed E-state index contributed by atoms with van der Waals surface area (Å²) >= 11 is 0. The van der Waals surface area contributed by atoms with E-state index in [4.69, 9.17) is 4.74 Å². The van der Waals surface area contributed by atoms with Gasteiger partial charge >= 0.3 is 0 Å². The Hall–Kier alpha value is -1.83. The lowest BCUT2D eigenvalue weighted by Gasteiger charge is -2.37. The van der Waals surface area contributed by atoms with Crippen molar-refractivity contribution in [2.75, 3.05) is 32.8 Å². The van der Waals surface area contributed by atoms with E-state index in [0.29, 0.717) is 44.5 Å². The van der Waals surface area contributed by atoms with Crippen molar-refractivity contribution in [3.8, 4) is 0 Å². The molecule has 2 amide bonds. The first kappa shape index (κ1) is 16.6. The van der Waals surface area contributed by atoms with Crippen molar-refractivity contribution in [3.05, 3.63) is 0 Å². The molecule has 0 spiro atoms. The molecule has 0 aromatic heterocycles. The molecule has 2 unspecified atom stereocenters. The Bertz CT molecular complexity index is 617. The Morgan fingerprint density at radius 3 is 2.48 bits per heavy atom. The predicted molar refractivity (Wildman–Crippen MR) is 89.2 cm³/mol. The summed E-state index contributed by atoms with van der Waals surface area (Å²) in [6.07, 6.45) is 2.61. The average Bonchev–Trinajstić information content (AvgIpc) is 3.49. The van der Waals surface area contributed by atoms with E-state index in [-0.39, 0.29) is 17.9 Å². The zero-order chi connectivity index (χ0) is 17.4. The predicted octanol–water partition coefficient (Wildman–Crippen LogP) is 0.785. The summed E-state index contributed by atoms with van der Waals surface area (Å²) in [5.74, 6) is -0.300. The molecule has 8 heteroatoms. The number of amides is 2. The first-order chi connectivity index (χ1) is 12.1. The second kappa shape index (κ2) is 6.82. The monoisotopic (exact) mass is 350 g/mol.